The quantitative estimate of drug-likeness (QED) is 0.791. The Kier molecular flexibility index (Phi) is 7.22. The third-order valence-electron chi connectivity index (χ3n) is 4.03. The summed E-state index contributed by atoms with van der Waals surface area (Å²) in [6.45, 7) is 10.2. The third kappa shape index (κ3) is 5.62. The second-order valence-corrected chi connectivity index (χ2v) is 7.86. The van der Waals surface area contributed by atoms with E-state index in [0.29, 0.717) is 12.5 Å². The van der Waals surface area contributed by atoms with Crippen molar-refractivity contribution in [1.29, 1.82) is 0 Å². The molecule has 0 radical (unpaired) electrons. The second-order valence-electron chi connectivity index (χ2n) is 6.09. The fraction of sp³-hybridized carbons (Fsp3) is 0.588. The van der Waals surface area contributed by atoms with E-state index in [1.54, 1.807) is 17.0 Å². The first-order chi connectivity index (χ1) is 10.7. The highest BCUT2D eigenvalue weighted by atomic mass is 32.2. The first-order valence-corrected chi connectivity index (χ1v) is 9.54. The van der Waals surface area contributed by atoms with Gasteiger partial charge in [0, 0.05) is 26.1 Å². The highest BCUT2D eigenvalue weighted by molar-refractivity contribution is 7.89. The summed E-state index contributed by atoms with van der Waals surface area (Å²) in [5.74, 6) is 0.319. The Bertz CT molecular complexity index is 609. The van der Waals surface area contributed by atoms with Gasteiger partial charge in [0.1, 0.15) is 0 Å². The second kappa shape index (κ2) is 8.45. The van der Waals surface area contributed by atoms with Crippen LogP contribution in [0.25, 0.3) is 0 Å². The maximum Gasteiger partial charge on any atom is 0.240 e. The Labute approximate surface area is 140 Å². The maximum absolute atomic E-state index is 12.3. The van der Waals surface area contributed by atoms with E-state index in [-0.39, 0.29) is 23.4 Å². The molecule has 0 fully saturated rings. The average molecular weight is 340 g/mol. The summed E-state index contributed by atoms with van der Waals surface area (Å²) in [7, 11) is -3.54. The van der Waals surface area contributed by atoms with E-state index in [1.807, 2.05) is 26.0 Å². The van der Waals surface area contributed by atoms with Crippen LogP contribution in [-0.2, 0) is 14.8 Å². The van der Waals surface area contributed by atoms with E-state index in [0.717, 1.165) is 12.0 Å². The number of rotatable bonds is 8. The van der Waals surface area contributed by atoms with Gasteiger partial charge in [-0.1, -0.05) is 32.9 Å². The van der Waals surface area contributed by atoms with Gasteiger partial charge in [0.25, 0.3) is 0 Å². The lowest BCUT2D eigenvalue weighted by atomic mass is 10.0. The first-order valence-electron chi connectivity index (χ1n) is 8.05. The SMILES string of the molecule is CCC(C)N(CCNS(=O)(=O)c1ccc(C(C)C)cc1)C(C)=O. The molecule has 0 aliphatic heterocycles. The van der Waals surface area contributed by atoms with E-state index < -0.39 is 10.0 Å². The molecule has 0 saturated heterocycles. The van der Waals surface area contributed by atoms with Gasteiger partial charge >= 0.3 is 0 Å². The summed E-state index contributed by atoms with van der Waals surface area (Å²) >= 11 is 0. The average Bonchev–Trinajstić information content (AvgIpc) is 2.50. The van der Waals surface area contributed by atoms with Crippen molar-refractivity contribution in [3.05, 3.63) is 29.8 Å². The number of nitrogens with one attached hydrogen (secondary N) is 1. The summed E-state index contributed by atoms with van der Waals surface area (Å²) < 4.78 is 27.1. The fourth-order valence-corrected chi connectivity index (χ4v) is 3.35. The highest BCUT2D eigenvalue weighted by Gasteiger charge is 2.18. The molecule has 5 nitrogen and oxygen atoms in total. The van der Waals surface area contributed by atoms with Crippen molar-refractivity contribution in [3.8, 4) is 0 Å². The van der Waals surface area contributed by atoms with Crippen LogP contribution in [0.15, 0.2) is 29.2 Å². The zero-order valence-electron chi connectivity index (χ0n) is 14.7. The number of nitrogens with zero attached hydrogens (tertiary/aromatic N) is 1. The van der Waals surface area contributed by atoms with Crippen LogP contribution in [0.4, 0.5) is 0 Å². The number of carbonyl (C=O) groups excluding carboxylic acids is 1. The summed E-state index contributed by atoms with van der Waals surface area (Å²) in [4.78, 5) is 13.6. The summed E-state index contributed by atoms with van der Waals surface area (Å²) in [6.07, 6.45) is 0.836. The van der Waals surface area contributed by atoms with Crippen LogP contribution in [-0.4, -0.2) is 38.4 Å². The van der Waals surface area contributed by atoms with Gasteiger partial charge in [0.15, 0.2) is 0 Å². The predicted molar refractivity (Wildman–Crippen MR) is 92.9 cm³/mol. The first kappa shape index (κ1) is 19.6. The van der Waals surface area contributed by atoms with Crippen molar-refractivity contribution in [2.24, 2.45) is 0 Å². The molecule has 1 unspecified atom stereocenters. The van der Waals surface area contributed by atoms with Crippen molar-refractivity contribution in [2.75, 3.05) is 13.1 Å². The van der Waals surface area contributed by atoms with E-state index >= 15 is 0 Å². The van der Waals surface area contributed by atoms with Gasteiger partial charge in [-0.2, -0.15) is 0 Å². The Hall–Kier alpha value is -1.40. The van der Waals surface area contributed by atoms with E-state index in [9.17, 15) is 13.2 Å². The standard InChI is InChI=1S/C17H28N2O3S/c1-6-14(4)19(15(5)20)12-11-18-23(21,22)17-9-7-16(8-10-17)13(2)3/h7-10,13-14,18H,6,11-12H2,1-5H3. The summed E-state index contributed by atoms with van der Waals surface area (Å²) in [5, 5.41) is 0. The molecule has 0 spiro atoms. The molecule has 0 saturated carbocycles. The van der Waals surface area contributed by atoms with Crippen LogP contribution < -0.4 is 4.72 Å². The van der Waals surface area contributed by atoms with Crippen LogP contribution in [0.2, 0.25) is 0 Å². The van der Waals surface area contributed by atoms with Crippen molar-refractivity contribution in [3.63, 3.8) is 0 Å². The Morgan fingerprint density at radius 2 is 1.74 bits per heavy atom. The van der Waals surface area contributed by atoms with Gasteiger partial charge in [-0.3, -0.25) is 4.79 Å². The minimum Gasteiger partial charge on any atom is -0.339 e. The molecule has 0 heterocycles. The van der Waals surface area contributed by atoms with Gasteiger partial charge < -0.3 is 4.90 Å². The molecule has 1 rings (SSSR count). The van der Waals surface area contributed by atoms with Gasteiger partial charge in [0.2, 0.25) is 15.9 Å². The molecule has 0 aromatic heterocycles. The Balaban J connectivity index is 2.70. The normalized spacial score (nSPS) is 13.1. The lowest BCUT2D eigenvalue weighted by Crippen LogP contribution is -2.42. The van der Waals surface area contributed by atoms with Crippen LogP contribution in [0.3, 0.4) is 0 Å². The number of hydrogen-bond donors (Lipinski definition) is 1. The Morgan fingerprint density at radius 1 is 1.17 bits per heavy atom. The predicted octanol–water partition coefficient (Wildman–Crippen LogP) is 2.74. The molecule has 1 aromatic rings. The van der Waals surface area contributed by atoms with E-state index in [4.69, 9.17) is 0 Å². The number of amides is 1. The molecule has 0 aliphatic rings. The van der Waals surface area contributed by atoms with E-state index in [1.165, 1.54) is 6.92 Å². The van der Waals surface area contributed by atoms with Gasteiger partial charge in [-0.25, -0.2) is 13.1 Å². The van der Waals surface area contributed by atoms with Crippen LogP contribution >= 0.6 is 0 Å². The van der Waals surface area contributed by atoms with Crippen LogP contribution in [0.5, 0.6) is 0 Å². The van der Waals surface area contributed by atoms with Crippen LogP contribution in [0.1, 0.15) is 52.5 Å². The number of sulfonamides is 1. The van der Waals surface area contributed by atoms with Gasteiger partial charge in [-0.15, -0.1) is 0 Å². The molecule has 1 aromatic carbocycles. The van der Waals surface area contributed by atoms with Crippen molar-refractivity contribution < 1.29 is 13.2 Å². The molecule has 0 bridgehead atoms. The summed E-state index contributed by atoms with van der Waals surface area (Å²) in [5.41, 5.74) is 1.10. The largest absolute Gasteiger partial charge is 0.339 e. The zero-order chi connectivity index (χ0) is 17.6. The van der Waals surface area contributed by atoms with E-state index in [2.05, 4.69) is 18.6 Å². The number of hydrogen-bond acceptors (Lipinski definition) is 3. The molecule has 1 atom stereocenters. The maximum atomic E-state index is 12.3. The van der Waals surface area contributed by atoms with Crippen molar-refractivity contribution in [1.82, 2.24) is 9.62 Å². The molecule has 1 amide bonds. The topological polar surface area (TPSA) is 66.5 Å². The van der Waals surface area contributed by atoms with Crippen molar-refractivity contribution >= 4 is 15.9 Å². The minimum atomic E-state index is -3.54. The van der Waals surface area contributed by atoms with Crippen LogP contribution in [0, 0.1) is 0 Å². The molecule has 0 aliphatic carbocycles. The Morgan fingerprint density at radius 3 is 2.17 bits per heavy atom. The molecule has 130 valence electrons. The number of benzene rings is 1. The fourth-order valence-electron chi connectivity index (χ4n) is 2.32. The molecular weight excluding hydrogens is 312 g/mol. The van der Waals surface area contributed by atoms with Gasteiger partial charge in [-0.05, 0) is 37.0 Å². The summed E-state index contributed by atoms with van der Waals surface area (Å²) in [6, 6.07) is 7.01. The minimum absolute atomic E-state index is 0.0418. The molecule has 23 heavy (non-hydrogen) atoms. The molecule has 6 heteroatoms. The van der Waals surface area contributed by atoms with Crippen molar-refractivity contribution in [2.45, 2.75) is 57.9 Å². The molecular formula is C17H28N2O3S. The zero-order valence-corrected chi connectivity index (χ0v) is 15.5. The lowest BCUT2D eigenvalue weighted by molar-refractivity contribution is -0.130. The van der Waals surface area contributed by atoms with Gasteiger partial charge in [0.05, 0.1) is 4.90 Å². The third-order valence-corrected chi connectivity index (χ3v) is 5.51. The highest BCUT2D eigenvalue weighted by Crippen LogP contribution is 2.17. The lowest BCUT2D eigenvalue weighted by Gasteiger charge is -2.27. The monoisotopic (exact) mass is 340 g/mol. The molecule has 1 N–H and O–H groups in total. The number of carbonyl (C=O) groups is 1. The smallest absolute Gasteiger partial charge is 0.240 e.